The lowest BCUT2D eigenvalue weighted by atomic mass is 10.1. The highest BCUT2D eigenvalue weighted by molar-refractivity contribution is 7.92. The lowest BCUT2D eigenvalue weighted by Crippen LogP contribution is -2.28. The maximum atomic E-state index is 12.4. The summed E-state index contributed by atoms with van der Waals surface area (Å²) in [5, 5.41) is 1.93. The zero-order chi connectivity index (χ0) is 14.8. The van der Waals surface area contributed by atoms with Crippen LogP contribution in [0.25, 0.3) is 10.8 Å². The molecule has 0 saturated carbocycles. The van der Waals surface area contributed by atoms with E-state index in [1.165, 1.54) is 0 Å². The summed E-state index contributed by atoms with van der Waals surface area (Å²) in [5.41, 5.74) is -0.556. The number of carbonyl (C=O) groups excluding carboxylic acids is 1. The molecule has 0 N–H and O–H groups in total. The van der Waals surface area contributed by atoms with Crippen molar-refractivity contribution >= 4 is 27.9 Å². The Balaban J connectivity index is 2.20. The minimum atomic E-state index is -1.40. The van der Waals surface area contributed by atoms with Crippen molar-refractivity contribution in [3.8, 4) is 0 Å². The Kier molecular flexibility index (Phi) is 4.35. The van der Waals surface area contributed by atoms with Crippen molar-refractivity contribution in [2.75, 3.05) is 5.75 Å². The van der Waals surface area contributed by atoms with Crippen molar-refractivity contribution < 1.29 is 14.1 Å². The number of hydrogen-bond donors (Lipinski definition) is 0. The lowest BCUT2D eigenvalue weighted by molar-refractivity contribution is -0.151. The first-order valence-electron chi connectivity index (χ1n) is 6.45. The summed E-state index contributed by atoms with van der Waals surface area (Å²) in [5.74, 6) is -0.561. The SMILES string of the molecule is CC(C)(C)OC(=O)C[S+]([O-])c1cccc2ccccc12. The minimum Gasteiger partial charge on any atom is -0.611 e. The van der Waals surface area contributed by atoms with Crippen LogP contribution in [0.3, 0.4) is 0 Å². The number of rotatable bonds is 3. The highest BCUT2D eigenvalue weighted by Crippen LogP contribution is 2.24. The van der Waals surface area contributed by atoms with Gasteiger partial charge in [0.05, 0.1) is 0 Å². The summed E-state index contributed by atoms with van der Waals surface area (Å²) >= 11 is -1.40. The van der Waals surface area contributed by atoms with Gasteiger partial charge in [-0.25, -0.2) is 4.79 Å². The van der Waals surface area contributed by atoms with Crippen molar-refractivity contribution in [2.24, 2.45) is 0 Å². The molecule has 2 aromatic rings. The summed E-state index contributed by atoms with van der Waals surface area (Å²) < 4.78 is 17.6. The molecule has 0 spiro atoms. The highest BCUT2D eigenvalue weighted by atomic mass is 32.2. The smallest absolute Gasteiger partial charge is 0.357 e. The molecule has 0 aliphatic carbocycles. The molecule has 0 heterocycles. The van der Waals surface area contributed by atoms with E-state index in [-0.39, 0.29) is 5.75 Å². The van der Waals surface area contributed by atoms with E-state index < -0.39 is 22.7 Å². The average Bonchev–Trinajstić information content (AvgIpc) is 2.35. The third kappa shape index (κ3) is 3.74. The van der Waals surface area contributed by atoms with Gasteiger partial charge < -0.3 is 9.29 Å². The summed E-state index contributed by atoms with van der Waals surface area (Å²) in [6.07, 6.45) is 0. The van der Waals surface area contributed by atoms with Crippen molar-refractivity contribution in [3.63, 3.8) is 0 Å². The molecule has 2 aromatic carbocycles. The van der Waals surface area contributed by atoms with Crippen LogP contribution in [-0.4, -0.2) is 21.9 Å². The van der Waals surface area contributed by atoms with Crippen LogP contribution in [0, 0.1) is 0 Å². The fourth-order valence-electron chi connectivity index (χ4n) is 1.95. The monoisotopic (exact) mass is 290 g/mol. The van der Waals surface area contributed by atoms with E-state index in [2.05, 4.69) is 0 Å². The Morgan fingerprint density at radius 2 is 1.80 bits per heavy atom. The van der Waals surface area contributed by atoms with E-state index in [1.807, 2.05) is 36.4 Å². The number of fused-ring (bicyclic) bond motifs is 1. The van der Waals surface area contributed by atoms with Crippen LogP contribution in [0.15, 0.2) is 47.4 Å². The van der Waals surface area contributed by atoms with Crippen molar-refractivity contribution in [3.05, 3.63) is 42.5 Å². The molecule has 1 unspecified atom stereocenters. The third-order valence-corrected chi connectivity index (χ3v) is 4.01. The Morgan fingerprint density at radius 3 is 2.50 bits per heavy atom. The fourth-order valence-corrected chi connectivity index (χ4v) is 3.04. The van der Waals surface area contributed by atoms with Gasteiger partial charge in [0.2, 0.25) is 5.75 Å². The predicted molar refractivity (Wildman–Crippen MR) is 81.1 cm³/mol. The maximum Gasteiger partial charge on any atom is 0.357 e. The lowest BCUT2D eigenvalue weighted by Gasteiger charge is -2.20. The molecule has 0 radical (unpaired) electrons. The number of hydrogen-bond acceptors (Lipinski definition) is 3. The Labute approximate surface area is 122 Å². The molecule has 0 saturated heterocycles. The number of esters is 1. The first kappa shape index (κ1) is 14.9. The summed E-state index contributed by atoms with van der Waals surface area (Å²) in [6.45, 7) is 5.39. The van der Waals surface area contributed by atoms with Crippen LogP contribution in [0.5, 0.6) is 0 Å². The van der Waals surface area contributed by atoms with E-state index in [4.69, 9.17) is 4.74 Å². The fraction of sp³-hybridized carbons (Fsp3) is 0.312. The predicted octanol–water partition coefficient (Wildman–Crippen LogP) is 3.29. The summed E-state index contributed by atoms with van der Waals surface area (Å²) in [7, 11) is 0. The van der Waals surface area contributed by atoms with Gasteiger partial charge in [-0.2, -0.15) is 0 Å². The molecule has 1 atom stereocenters. The van der Waals surface area contributed by atoms with Crippen LogP contribution in [-0.2, 0) is 20.7 Å². The second-order valence-electron chi connectivity index (χ2n) is 5.55. The summed E-state index contributed by atoms with van der Waals surface area (Å²) in [4.78, 5) is 12.4. The van der Waals surface area contributed by atoms with Crippen LogP contribution < -0.4 is 0 Å². The van der Waals surface area contributed by atoms with Crippen LogP contribution in [0.4, 0.5) is 0 Å². The molecule has 2 rings (SSSR count). The van der Waals surface area contributed by atoms with E-state index in [0.29, 0.717) is 4.90 Å². The Bertz CT molecular complexity index is 611. The molecule has 3 nitrogen and oxygen atoms in total. The molecule has 0 amide bonds. The molecule has 20 heavy (non-hydrogen) atoms. The molecule has 0 aromatic heterocycles. The van der Waals surface area contributed by atoms with E-state index >= 15 is 0 Å². The number of benzene rings is 2. The van der Waals surface area contributed by atoms with Crippen molar-refractivity contribution in [1.82, 2.24) is 0 Å². The zero-order valence-corrected chi connectivity index (χ0v) is 12.7. The Hall–Kier alpha value is -1.52. The van der Waals surface area contributed by atoms with Gasteiger partial charge in [0.1, 0.15) is 5.60 Å². The van der Waals surface area contributed by atoms with Gasteiger partial charge >= 0.3 is 5.97 Å². The molecule has 0 aliphatic rings. The minimum absolute atomic E-state index is 0.120. The first-order chi connectivity index (χ1) is 9.37. The van der Waals surface area contributed by atoms with E-state index in [1.54, 1.807) is 26.8 Å². The second-order valence-corrected chi connectivity index (χ2v) is 6.97. The van der Waals surface area contributed by atoms with Crippen molar-refractivity contribution in [2.45, 2.75) is 31.3 Å². The van der Waals surface area contributed by atoms with E-state index in [9.17, 15) is 9.35 Å². The van der Waals surface area contributed by atoms with Crippen LogP contribution in [0.1, 0.15) is 20.8 Å². The van der Waals surface area contributed by atoms with Crippen LogP contribution in [0.2, 0.25) is 0 Å². The quantitative estimate of drug-likeness (QED) is 0.644. The third-order valence-electron chi connectivity index (χ3n) is 2.66. The molecule has 0 fully saturated rings. The topological polar surface area (TPSA) is 49.4 Å². The van der Waals surface area contributed by atoms with E-state index in [0.717, 1.165) is 10.8 Å². The largest absolute Gasteiger partial charge is 0.611 e. The van der Waals surface area contributed by atoms with Gasteiger partial charge in [-0.05, 0) is 49.5 Å². The highest BCUT2D eigenvalue weighted by Gasteiger charge is 2.23. The van der Waals surface area contributed by atoms with Gasteiger partial charge in [0.25, 0.3) is 0 Å². The molecular weight excluding hydrogens is 272 g/mol. The van der Waals surface area contributed by atoms with Gasteiger partial charge in [-0.15, -0.1) is 0 Å². The average molecular weight is 290 g/mol. The van der Waals surface area contributed by atoms with Gasteiger partial charge in [0, 0.05) is 5.39 Å². The molecule has 4 heteroatoms. The standard InChI is InChI=1S/C16H18O3S/c1-16(2,3)19-15(17)11-20(18)14-10-6-8-12-7-4-5-9-13(12)14/h4-10H,11H2,1-3H3. The van der Waals surface area contributed by atoms with Gasteiger partial charge in [0.15, 0.2) is 4.90 Å². The Morgan fingerprint density at radius 1 is 1.15 bits per heavy atom. The molecule has 106 valence electrons. The molecular formula is C16H18O3S. The number of ether oxygens (including phenoxy) is 1. The summed E-state index contributed by atoms with van der Waals surface area (Å²) in [6, 6.07) is 13.3. The van der Waals surface area contributed by atoms with Crippen LogP contribution >= 0.6 is 0 Å². The molecule has 0 aliphatic heterocycles. The first-order valence-corrected chi connectivity index (χ1v) is 7.77. The van der Waals surface area contributed by atoms with Crippen molar-refractivity contribution in [1.29, 1.82) is 0 Å². The second kappa shape index (κ2) is 5.85. The van der Waals surface area contributed by atoms with Gasteiger partial charge in [-0.3, -0.25) is 0 Å². The number of carbonyl (C=O) groups is 1. The maximum absolute atomic E-state index is 12.4. The van der Waals surface area contributed by atoms with Gasteiger partial charge in [-0.1, -0.05) is 30.3 Å². The zero-order valence-electron chi connectivity index (χ0n) is 11.9. The normalized spacial score (nSPS) is 13.2. The molecule has 0 bridgehead atoms.